The van der Waals surface area contributed by atoms with Crippen LogP contribution < -0.4 is 10.9 Å². The maximum absolute atomic E-state index is 15.3. The zero-order chi connectivity index (χ0) is 23.5. The summed E-state index contributed by atoms with van der Waals surface area (Å²) in [5, 5.41) is 2.73. The second-order valence-corrected chi connectivity index (χ2v) is 8.49. The molecule has 1 aromatic carbocycles. The Morgan fingerprint density at radius 3 is 2.70 bits per heavy atom. The van der Waals surface area contributed by atoms with Crippen molar-refractivity contribution < 1.29 is 9.18 Å². The van der Waals surface area contributed by atoms with E-state index in [1.165, 1.54) is 18.2 Å². The highest BCUT2D eigenvalue weighted by Crippen LogP contribution is 2.31. The van der Waals surface area contributed by atoms with Gasteiger partial charge in [0, 0.05) is 42.4 Å². The highest BCUT2D eigenvalue weighted by atomic mass is 35.5. The molecule has 0 unspecified atom stereocenters. The SMILES string of the molecule is CC(C)C(=O)NCc1ccc(Cl)c(-c2nc(-c3ncc(C#CC4CC4)cn3)cc(=O)[nH]2)c1F. The van der Waals surface area contributed by atoms with Crippen LogP contribution in [0.15, 0.2) is 35.4 Å². The predicted molar refractivity (Wildman–Crippen MR) is 123 cm³/mol. The van der Waals surface area contributed by atoms with E-state index in [1.54, 1.807) is 26.2 Å². The molecule has 0 atom stereocenters. The molecular weight excluding hydrogens is 445 g/mol. The van der Waals surface area contributed by atoms with Crippen LogP contribution in [0.25, 0.3) is 22.9 Å². The van der Waals surface area contributed by atoms with Gasteiger partial charge in [-0.3, -0.25) is 9.59 Å². The lowest BCUT2D eigenvalue weighted by Gasteiger charge is -2.12. The number of carbonyl (C=O) groups is 1. The minimum absolute atomic E-state index is 0.0244. The number of H-pyrrole nitrogens is 1. The lowest BCUT2D eigenvalue weighted by Crippen LogP contribution is -2.27. The quantitative estimate of drug-likeness (QED) is 0.559. The van der Waals surface area contributed by atoms with Gasteiger partial charge >= 0.3 is 0 Å². The molecule has 2 heterocycles. The third-order valence-corrected chi connectivity index (χ3v) is 5.32. The summed E-state index contributed by atoms with van der Waals surface area (Å²) < 4.78 is 15.3. The van der Waals surface area contributed by atoms with Gasteiger partial charge in [-0.25, -0.2) is 19.3 Å². The van der Waals surface area contributed by atoms with Crippen LogP contribution in [0.1, 0.15) is 37.8 Å². The molecular formula is C24H21ClFN5O2. The van der Waals surface area contributed by atoms with Crippen molar-refractivity contribution in [2.45, 2.75) is 33.2 Å². The average Bonchev–Trinajstić information content (AvgIpc) is 3.61. The van der Waals surface area contributed by atoms with Crippen LogP contribution >= 0.6 is 11.6 Å². The number of halogens is 2. The largest absolute Gasteiger partial charge is 0.352 e. The Balaban J connectivity index is 1.66. The lowest BCUT2D eigenvalue weighted by molar-refractivity contribution is -0.124. The van der Waals surface area contributed by atoms with E-state index < -0.39 is 11.4 Å². The van der Waals surface area contributed by atoms with E-state index in [4.69, 9.17) is 11.6 Å². The summed E-state index contributed by atoms with van der Waals surface area (Å²) in [6.07, 6.45) is 5.36. The Hall–Kier alpha value is -3.57. The zero-order valence-electron chi connectivity index (χ0n) is 18.1. The monoisotopic (exact) mass is 465 g/mol. The Labute approximate surface area is 194 Å². The number of rotatable bonds is 5. The van der Waals surface area contributed by atoms with E-state index in [2.05, 4.69) is 37.1 Å². The Morgan fingerprint density at radius 1 is 1.30 bits per heavy atom. The molecule has 0 spiro atoms. The topological polar surface area (TPSA) is 101 Å². The normalized spacial score (nSPS) is 12.9. The van der Waals surface area contributed by atoms with Gasteiger partial charge in [-0.15, -0.1) is 0 Å². The summed E-state index contributed by atoms with van der Waals surface area (Å²) in [6.45, 7) is 3.46. The second kappa shape index (κ2) is 9.51. The average molecular weight is 466 g/mol. The smallest absolute Gasteiger partial charge is 0.251 e. The lowest BCUT2D eigenvalue weighted by atomic mass is 10.1. The van der Waals surface area contributed by atoms with Crippen LogP contribution in [0.2, 0.25) is 5.02 Å². The van der Waals surface area contributed by atoms with Gasteiger partial charge in [-0.05, 0) is 18.9 Å². The molecule has 33 heavy (non-hydrogen) atoms. The number of benzene rings is 1. The molecule has 2 aromatic heterocycles. The Kier molecular flexibility index (Phi) is 6.52. The minimum atomic E-state index is -0.682. The highest BCUT2D eigenvalue weighted by Gasteiger charge is 2.19. The minimum Gasteiger partial charge on any atom is -0.352 e. The molecule has 1 aliphatic rings. The Morgan fingerprint density at radius 2 is 2.03 bits per heavy atom. The summed E-state index contributed by atoms with van der Waals surface area (Å²) in [7, 11) is 0. The van der Waals surface area contributed by atoms with Crippen molar-refractivity contribution in [1.82, 2.24) is 25.3 Å². The van der Waals surface area contributed by atoms with E-state index in [9.17, 15) is 9.59 Å². The van der Waals surface area contributed by atoms with Crippen molar-refractivity contribution in [1.29, 1.82) is 0 Å². The van der Waals surface area contributed by atoms with Gasteiger partial charge in [0.25, 0.3) is 5.56 Å². The van der Waals surface area contributed by atoms with Gasteiger partial charge in [0.1, 0.15) is 17.3 Å². The van der Waals surface area contributed by atoms with Crippen molar-refractivity contribution in [2.24, 2.45) is 11.8 Å². The molecule has 1 fully saturated rings. The number of aromatic amines is 1. The van der Waals surface area contributed by atoms with Gasteiger partial charge in [0.2, 0.25) is 5.91 Å². The van der Waals surface area contributed by atoms with E-state index >= 15 is 4.39 Å². The van der Waals surface area contributed by atoms with Crippen LogP contribution in [-0.4, -0.2) is 25.8 Å². The molecule has 0 saturated heterocycles. The van der Waals surface area contributed by atoms with Crippen molar-refractivity contribution in [3.8, 4) is 34.7 Å². The van der Waals surface area contributed by atoms with Crippen LogP contribution in [0.4, 0.5) is 4.39 Å². The number of aromatic nitrogens is 4. The standard InChI is InChI=1S/C24H21ClFN5O2/c1-13(2)24(33)29-12-16-7-8-17(25)20(21(16)26)23-30-18(9-19(32)31-23)22-27-10-15(11-28-22)6-5-14-3-4-14/h7-11,13-14H,3-4,12H2,1-2H3,(H,29,33)(H,30,31,32). The molecule has 1 saturated carbocycles. The van der Waals surface area contributed by atoms with Crippen LogP contribution in [-0.2, 0) is 11.3 Å². The van der Waals surface area contributed by atoms with Gasteiger partial charge in [0.05, 0.1) is 16.1 Å². The number of hydrogen-bond donors (Lipinski definition) is 2. The molecule has 9 heteroatoms. The molecule has 7 nitrogen and oxygen atoms in total. The van der Waals surface area contributed by atoms with Gasteiger partial charge in [0.15, 0.2) is 5.82 Å². The Bertz CT molecular complexity index is 1320. The third-order valence-electron chi connectivity index (χ3n) is 5.01. The third kappa shape index (κ3) is 5.44. The first-order valence-electron chi connectivity index (χ1n) is 10.5. The number of carbonyl (C=O) groups excluding carboxylic acids is 1. The van der Waals surface area contributed by atoms with Crippen molar-refractivity contribution in [3.05, 3.63) is 62.9 Å². The molecule has 2 N–H and O–H groups in total. The molecule has 0 bridgehead atoms. The molecule has 3 aromatic rings. The van der Waals surface area contributed by atoms with E-state index in [0.717, 1.165) is 12.8 Å². The van der Waals surface area contributed by atoms with Gasteiger partial charge in [-0.1, -0.05) is 43.4 Å². The van der Waals surface area contributed by atoms with E-state index in [0.29, 0.717) is 11.5 Å². The highest BCUT2D eigenvalue weighted by molar-refractivity contribution is 6.33. The van der Waals surface area contributed by atoms with Crippen LogP contribution in [0, 0.1) is 29.5 Å². The van der Waals surface area contributed by atoms with Crippen molar-refractivity contribution in [2.75, 3.05) is 0 Å². The first kappa shape index (κ1) is 22.6. The van der Waals surface area contributed by atoms with Gasteiger partial charge in [-0.2, -0.15) is 0 Å². The molecule has 0 aliphatic heterocycles. The zero-order valence-corrected chi connectivity index (χ0v) is 18.8. The maximum atomic E-state index is 15.3. The summed E-state index contributed by atoms with van der Waals surface area (Å²) in [4.78, 5) is 39.5. The maximum Gasteiger partial charge on any atom is 0.251 e. The number of nitrogens with one attached hydrogen (secondary N) is 2. The fourth-order valence-electron chi connectivity index (χ4n) is 2.96. The summed E-state index contributed by atoms with van der Waals surface area (Å²) in [5.41, 5.74) is 0.473. The summed E-state index contributed by atoms with van der Waals surface area (Å²) in [6, 6.07) is 4.20. The van der Waals surface area contributed by atoms with Crippen molar-refractivity contribution in [3.63, 3.8) is 0 Å². The fourth-order valence-corrected chi connectivity index (χ4v) is 3.20. The molecule has 1 aliphatic carbocycles. The predicted octanol–water partition coefficient (Wildman–Crippen LogP) is 3.72. The first-order valence-corrected chi connectivity index (χ1v) is 10.9. The van der Waals surface area contributed by atoms with Crippen molar-refractivity contribution >= 4 is 17.5 Å². The van der Waals surface area contributed by atoms with Crippen LogP contribution in [0.5, 0.6) is 0 Å². The molecule has 4 rings (SSSR count). The fraction of sp³-hybridized carbons (Fsp3) is 0.292. The number of amides is 1. The van der Waals surface area contributed by atoms with Gasteiger partial charge < -0.3 is 10.3 Å². The van der Waals surface area contributed by atoms with E-state index in [1.807, 2.05) is 0 Å². The second-order valence-electron chi connectivity index (χ2n) is 8.09. The molecule has 1 amide bonds. The molecule has 168 valence electrons. The molecule has 0 radical (unpaired) electrons. The van der Waals surface area contributed by atoms with E-state index in [-0.39, 0.29) is 51.9 Å². The van der Waals surface area contributed by atoms with Crippen LogP contribution in [0.3, 0.4) is 0 Å². The summed E-state index contributed by atoms with van der Waals surface area (Å²) >= 11 is 6.25. The number of nitrogens with zero attached hydrogens (tertiary/aromatic N) is 3. The number of hydrogen-bond acceptors (Lipinski definition) is 5. The summed E-state index contributed by atoms with van der Waals surface area (Å²) in [5.74, 6) is 5.63. The first-order chi connectivity index (χ1) is 15.8.